The van der Waals surface area contributed by atoms with Gasteiger partial charge in [-0.1, -0.05) is 48.0 Å². The van der Waals surface area contributed by atoms with Crippen molar-refractivity contribution < 1.29 is 9.59 Å². The van der Waals surface area contributed by atoms with Crippen LogP contribution in [0.5, 0.6) is 0 Å². The molecule has 0 aliphatic carbocycles. The predicted molar refractivity (Wildman–Crippen MR) is 125 cm³/mol. The third-order valence-corrected chi connectivity index (χ3v) is 5.82. The summed E-state index contributed by atoms with van der Waals surface area (Å²) in [6.45, 7) is 10.3. The number of hydrogen-bond acceptors (Lipinski definition) is 4. The van der Waals surface area contributed by atoms with Crippen molar-refractivity contribution >= 4 is 17.5 Å². The highest BCUT2D eigenvalue weighted by Gasteiger charge is 2.23. The average molecular weight is 423 g/mol. The molecule has 31 heavy (non-hydrogen) atoms. The number of carbonyl (C=O) groups excluding carboxylic acids is 2. The molecule has 1 aliphatic rings. The SMILES string of the molecule is Cc1ccc(CN(C)CC(=O)N2CCN(CC(=O)Nc3c(C)cccc3C)CC2)cc1. The molecule has 1 fully saturated rings. The molecule has 0 saturated carbocycles. The van der Waals surface area contributed by atoms with Gasteiger partial charge in [-0.05, 0) is 44.5 Å². The Morgan fingerprint density at radius 1 is 0.935 bits per heavy atom. The summed E-state index contributed by atoms with van der Waals surface area (Å²) in [6.07, 6.45) is 0. The number of benzene rings is 2. The van der Waals surface area contributed by atoms with Crippen LogP contribution in [0.3, 0.4) is 0 Å². The minimum atomic E-state index is -0.00462. The summed E-state index contributed by atoms with van der Waals surface area (Å²) in [7, 11) is 1.98. The highest BCUT2D eigenvalue weighted by Crippen LogP contribution is 2.19. The molecule has 3 rings (SSSR count). The molecule has 1 heterocycles. The molecule has 1 aliphatic heterocycles. The first-order chi connectivity index (χ1) is 14.8. The zero-order chi connectivity index (χ0) is 22.4. The van der Waals surface area contributed by atoms with Crippen LogP contribution in [-0.4, -0.2) is 72.8 Å². The van der Waals surface area contributed by atoms with Crippen LogP contribution in [0.1, 0.15) is 22.3 Å². The van der Waals surface area contributed by atoms with Crippen molar-refractivity contribution in [3.63, 3.8) is 0 Å². The van der Waals surface area contributed by atoms with Gasteiger partial charge in [-0.15, -0.1) is 0 Å². The molecule has 2 amide bonds. The van der Waals surface area contributed by atoms with Gasteiger partial charge >= 0.3 is 0 Å². The number of carbonyl (C=O) groups is 2. The molecule has 6 nitrogen and oxygen atoms in total. The normalized spacial score (nSPS) is 14.7. The van der Waals surface area contributed by atoms with Crippen LogP contribution in [0.15, 0.2) is 42.5 Å². The van der Waals surface area contributed by atoms with Crippen molar-refractivity contribution in [1.29, 1.82) is 0 Å². The average Bonchev–Trinajstić information content (AvgIpc) is 2.73. The Labute approximate surface area is 185 Å². The van der Waals surface area contributed by atoms with E-state index < -0.39 is 0 Å². The smallest absolute Gasteiger partial charge is 0.238 e. The van der Waals surface area contributed by atoms with E-state index in [-0.39, 0.29) is 11.8 Å². The summed E-state index contributed by atoms with van der Waals surface area (Å²) in [5, 5.41) is 3.04. The number of rotatable bonds is 7. The summed E-state index contributed by atoms with van der Waals surface area (Å²) >= 11 is 0. The molecule has 0 aromatic heterocycles. The van der Waals surface area contributed by atoms with Gasteiger partial charge in [0.25, 0.3) is 0 Å². The molecule has 0 atom stereocenters. The molecule has 2 aromatic carbocycles. The summed E-state index contributed by atoms with van der Waals surface area (Å²) in [5.74, 6) is 0.143. The van der Waals surface area contributed by atoms with Crippen molar-refractivity contribution in [2.24, 2.45) is 0 Å². The first-order valence-corrected chi connectivity index (χ1v) is 10.9. The Hall–Kier alpha value is -2.70. The van der Waals surface area contributed by atoms with Gasteiger partial charge in [0.2, 0.25) is 11.8 Å². The van der Waals surface area contributed by atoms with Crippen LogP contribution in [0.4, 0.5) is 5.69 Å². The van der Waals surface area contributed by atoms with Gasteiger partial charge < -0.3 is 10.2 Å². The van der Waals surface area contributed by atoms with Crippen LogP contribution >= 0.6 is 0 Å². The number of nitrogens with zero attached hydrogens (tertiary/aromatic N) is 3. The van der Waals surface area contributed by atoms with Crippen LogP contribution in [0, 0.1) is 20.8 Å². The molecule has 0 spiro atoms. The molecular formula is C25H34N4O2. The molecule has 1 saturated heterocycles. The van der Waals surface area contributed by atoms with Crippen molar-refractivity contribution in [3.05, 3.63) is 64.7 Å². The fourth-order valence-electron chi connectivity index (χ4n) is 3.94. The Morgan fingerprint density at radius 2 is 1.55 bits per heavy atom. The molecule has 1 N–H and O–H groups in total. The Bertz CT molecular complexity index is 882. The summed E-state index contributed by atoms with van der Waals surface area (Å²) in [4.78, 5) is 31.3. The molecule has 0 bridgehead atoms. The van der Waals surface area contributed by atoms with E-state index in [1.165, 1.54) is 11.1 Å². The lowest BCUT2D eigenvalue weighted by Crippen LogP contribution is -2.52. The third-order valence-electron chi connectivity index (χ3n) is 5.82. The second kappa shape index (κ2) is 10.6. The third kappa shape index (κ3) is 6.64. The lowest BCUT2D eigenvalue weighted by molar-refractivity contribution is -0.134. The highest BCUT2D eigenvalue weighted by atomic mass is 16.2. The molecule has 2 aromatic rings. The van der Waals surface area contributed by atoms with Gasteiger partial charge in [-0.25, -0.2) is 0 Å². The number of likely N-dealkylation sites (N-methyl/N-ethyl adjacent to an activating group) is 1. The minimum absolute atomic E-state index is 0.00462. The summed E-state index contributed by atoms with van der Waals surface area (Å²) in [6, 6.07) is 14.4. The molecular weight excluding hydrogens is 388 g/mol. The lowest BCUT2D eigenvalue weighted by Gasteiger charge is -2.35. The van der Waals surface area contributed by atoms with E-state index >= 15 is 0 Å². The van der Waals surface area contributed by atoms with Gasteiger partial charge in [-0.3, -0.25) is 19.4 Å². The second-order valence-electron chi connectivity index (χ2n) is 8.63. The van der Waals surface area contributed by atoms with Gasteiger partial charge in [0, 0.05) is 38.4 Å². The van der Waals surface area contributed by atoms with Gasteiger partial charge in [0.1, 0.15) is 0 Å². The standard InChI is InChI=1S/C25H34N4O2/c1-19-8-10-22(11-9-19)16-27(4)18-24(31)29-14-12-28(13-15-29)17-23(30)26-25-20(2)6-5-7-21(25)3/h5-11H,12-18H2,1-4H3,(H,26,30). The van der Waals surface area contributed by atoms with Gasteiger partial charge in [0.05, 0.1) is 13.1 Å². The second-order valence-corrected chi connectivity index (χ2v) is 8.63. The first kappa shape index (κ1) is 23.0. The van der Waals surface area contributed by atoms with E-state index in [1.54, 1.807) is 0 Å². The zero-order valence-corrected chi connectivity index (χ0v) is 19.1. The largest absolute Gasteiger partial charge is 0.339 e. The molecule has 166 valence electrons. The molecule has 0 unspecified atom stereocenters. The van der Waals surface area contributed by atoms with Crippen LogP contribution in [0.25, 0.3) is 0 Å². The maximum absolute atomic E-state index is 12.7. The van der Waals surface area contributed by atoms with E-state index in [2.05, 4.69) is 46.3 Å². The molecule has 6 heteroatoms. The van der Waals surface area contributed by atoms with E-state index in [0.717, 1.165) is 23.4 Å². The fraction of sp³-hybridized carbons (Fsp3) is 0.440. The predicted octanol–water partition coefficient (Wildman–Crippen LogP) is 2.83. The first-order valence-electron chi connectivity index (χ1n) is 10.9. The van der Waals surface area contributed by atoms with Crippen molar-refractivity contribution in [2.75, 3.05) is 51.6 Å². The quantitative estimate of drug-likeness (QED) is 0.746. The van der Waals surface area contributed by atoms with Crippen LogP contribution < -0.4 is 5.32 Å². The number of aryl methyl sites for hydroxylation is 3. The maximum atomic E-state index is 12.7. The lowest BCUT2D eigenvalue weighted by atomic mass is 10.1. The maximum Gasteiger partial charge on any atom is 0.238 e. The summed E-state index contributed by atoms with van der Waals surface area (Å²) in [5.41, 5.74) is 5.48. The van der Waals surface area contributed by atoms with Gasteiger partial charge in [-0.2, -0.15) is 0 Å². The number of anilines is 1. The fourth-order valence-corrected chi connectivity index (χ4v) is 3.94. The van der Waals surface area contributed by atoms with E-state index in [9.17, 15) is 9.59 Å². The number of piperazine rings is 1. The Balaban J connectivity index is 1.41. The Kier molecular flexibility index (Phi) is 7.82. The minimum Gasteiger partial charge on any atom is -0.339 e. The zero-order valence-electron chi connectivity index (χ0n) is 19.1. The number of hydrogen-bond donors (Lipinski definition) is 1. The van der Waals surface area contributed by atoms with Gasteiger partial charge in [0.15, 0.2) is 0 Å². The number of nitrogens with one attached hydrogen (secondary N) is 1. The topological polar surface area (TPSA) is 55.9 Å². The number of amides is 2. The van der Waals surface area contributed by atoms with E-state index in [4.69, 9.17) is 0 Å². The van der Waals surface area contributed by atoms with Crippen molar-refractivity contribution in [3.8, 4) is 0 Å². The highest BCUT2D eigenvalue weighted by molar-refractivity contribution is 5.93. The van der Waals surface area contributed by atoms with Crippen molar-refractivity contribution in [1.82, 2.24) is 14.7 Å². The van der Waals surface area contributed by atoms with E-state index in [0.29, 0.717) is 39.3 Å². The number of para-hydroxylation sites is 1. The van der Waals surface area contributed by atoms with Crippen LogP contribution in [-0.2, 0) is 16.1 Å². The van der Waals surface area contributed by atoms with Crippen LogP contribution in [0.2, 0.25) is 0 Å². The van der Waals surface area contributed by atoms with Crippen molar-refractivity contribution in [2.45, 2.75) is 27.3 Å². The van der Waals surface area contributed by atoms with E-state index in [1.807, 2.05) is 44.0 Å². The monoisotopic (exact) mass is 422 g/mol. The Morgan fingerprint density at radius 3 is 2.16 bits per heavy atom. The summed E-state index contributed by atoms with van der Waals surface area (Å²) < 4.78 is 0. The molecule has 0 radical (unpaired) electrons.